The molecular formula is C16H18BrFN2O2S. The number of hydrogen-bond donors (Lipinski definition) is 1. The van der Waals surface area contributed by atoms with Crippen molar-refractivity contribution in [3.63, 3.8) is 0 Å². The number of nitrogens with zero attached hydrogens (tertiary/aromatic N) is 1. The van der Waals surface area contributed by atoms with Gasteiger partial charge in [0.05, 0.1) is 11.0 Å². The van der Waals surface area contributed by atoms with Crippen LogP contribution in [0.2, 0.25) is 0 Å². The molecule has 124 valence electrons. The molecule has 0 spiro atoms. The van der Waals surface area contributed by atoms with E-state index in [1.165, 1.54) is 4.31 Å². The van der Waals surface area contributed by atoms with Gasteiger partial charge in [0.2, 0.25) is 0 Å². The van der Waals surface area contributed by atoms with E-state index in [9.17, 15) is 9.18 Å². The molecule has 0 amide bonds. The monoisotopic (exact) mass is 400 g/mol. The van der Waals surface area contributed by atoms with Gasteiger partial charge in [0.25, 0.3) is 0 Å². The summed E-state index contributed by atoms with van der Waals surface area (Å²) >= 11 is 4.25. The van der Waals surface area contributed by atoms with Crippen molar-refractivity contribution < 1.29 is 13.9 Å². The second-order valence-corrected chi connectivity index (χ2v) is 6.09. The first-order chi connectivity index (χ1) is 11.1. The van der Waals surface area contributed by atoms with Gasteiger partial charge in [-0.1, -0.05) is 31.4 Å². The lowest BCUT2D eigenvalue weighted by atomic mass is 10.2. The maximum absolute atomic E-state index is 14.5. The predicted molar refractivity (Wildman–Crippen MR) is 98.1 cm³/mol. The van der Waals surface area contributed by atoms with Crippen LogP contribution >= 0.6 is 28.1 Å². The van der Waals surface area contributed by atoms with E-state index in [4.69, 9.17) is 4.74 Å². The van der Waals surface area contributed by atoms with E-state index < -0.39 is 5.82 Å². The van der Waals surface area contributed by atoms with Crippen molar-refractivity contribution in [2.24, 2.45) is 0 Å². The SMILES string of the molecule is C=C/C=C(\C=C)COc1ccc(Br)c(F)c1N(CC=O)SNC. The van der Waals surface area contributed by atoms with E-state index in [1.807, 2.05) is 0 Å². The van der Waals surface area contributed by atoms with Gasteiger partial charge in [-0.05, 0) is 40.7 Å². The molecule has 0 aliphatic carbocycles. The molecule has 0 aliphatic heterocycles. The van der Waals surface area contributed by atoms with Crippen LogP contribution in [0.5, 0.6) is 5.75 Å². The lowest BCUT2D eigenvalue weighted by Gasteiger charge is -2.23. The zero-order valence-corrected chi connectivity index (χ0v) is 15.1. The number of rotatable bonds is 10. The van der Waals surface area contributed by atoms with Crippen LogP contribution in [0, 0.1) is 5.82 Å². The van der Waals surface area contributed by atoms with Crippen LogP contribution in [0.15, 0.2) is 53.6 Å². The van der Waals surface area contributed by atoms with E-state index in [0.29, 0.717) is 12.0 Å². The van der Waals surface area contributed by atoms with Crippen molar-refractivity contribution in [2.75, 3.05) is 24.5 Å². The van der Waals surface area contributed by atoms with Gasteiger partial charge in [-0.3, -0.25) is 4.31 Å². The molecule has 0 aliphatic rings. The molecule has 0 atom stereocenters. The van der Waals surface area contributed by atoms with Crippen LogP contribution in [-0.4, -0.2) is 26.5 Å². The Balaban J connectivity index is 3.18. The van der Waals surface area contributed by atoms with Crippen LogP contribution in [-0.2, 0) is 4.79 Å². The second kappa shape index (κ2) is 10.3. The molecule has 0 aromatic heterocycles. The van der Waals surface area contributed by atoms with Crippen molar-refractivity contribution in [1.29, 1.82) is 0 Å². The zero-order valence-electron chi connectivity index (χ0n) is 12.7. The van der Waals surface area contributed by atoms with Gasteiger partial charge < -0.3 is 9.53 Å². The maximum Gasteiger partial charge on any atom is 0.165 e. The third kappa shape index (κ3) is 5.53. The summed E-state index contributed by atoms with van der Waals surface area (Å²) in [5, 5.41) is 0. The number of ether oxygens (including phenoxy) is 1. The Morgan fingerprint density at radius 2 is 2.26 bits per heavy atom. The van der Waals surface area contributed by atoms with Gasteiger partial charge in [-0.15, -0.1) is 0 Å². The highest BCUT2D eigenvalue weighted by Gasteiger charge is 2.20. The first kappa shape index (κ1) is 19.5. The molecule has 0 radical (unpaired) electrons. The lowest BCUT2D eigenvalue weighted by molar-refractivity contribution is -0.106. The summed E-state index contributed by atoms with van der Waals surface area (Å²) in [4.78, 5) is 10.9. The average Bonchev–Trinajstić information content (AvgIpc) is 2.54. The predicted octanol–water partition coefficient (Wildman–Crippen LogP) is 4.05. The average molecular weight is 401 g/mol. The van der Waals surface area contributed by atoms with Crippen molar-refractivity contribution >= 4 is 40.0 Å². The zero-order chi connectivity index (χ0) is 17.2. The standard InChI is InChI=1S/C16H18BrFN2O2S/c1-4-6-12(5-2)11-22-14-8-7-13(17)15(18)16(14)20(9-10-21)23-19-3/h4-8,10,19H,1-2,9,11H2,3H3/b12-6+. The molecule has 0 fully saturated rings. The molecule has 4 nitrogen and oxygen atoms in total. The molecule has 0 heterocycles. The van der Waals surface area contributed by atoms with Gasteiger partial charge in [0.1, 0.15) is 24.3 Å². The smallest absolute Gasteiger partial charge is 0.165 e. The summed E-state index contributed by atoms with van der Waals surface area (Å²) in [6.07, 6.45) is 5.72. The fourth-order valence-electron chi connectivity index (χ4n) is 1.71. The molecule has 0 saturated carbocycles. The maximum atomic E-state index is 14.5. The first-order valence-corrected chi connectivity index (χ1v) is 8.25. The topological polar surface area (TPSA) is 41.6 Å². The summed E-state index contributed by atoms with van der Waals surface area (Å²) in [7, 11) is 1.68. The minimum absolute atomic E-state index is 0.00600. The van der Waals surface area contributed by atoms with E-state index in [0.717, 1.165) is 17.7 Å². The molecule has 1 aromatic rings. The highest BCUT2D eigenvalue weighted by molar-refractivity contribution is 9.10. The second-order valence-electron chi connectivity index (χ2n) is 4.20. The number of halogens is 2. The third-order valence-corrected chi connectivity index (χ3v) is 4.06. The summed E-state index contributed by atoms with van der Waals surface area (Å²) in [5.74, 6) is -0.174. The molecule has 0 unspecified atom stereocenters. The van der Waals surface area contributed by atoms with Crippen LogP contribution < -0.4 is 13.8 Å². The summed E-state index contributed by atoms with van der Waals surface area (Å²) < 4.78 is 24.8. The molecule has 1 N–H and O–H groups in total. The number of benzene rings is 1. The molecule has 0 saturated heterocycles. The Hall–Kier alpha value is -1.57. The lowest BCUT2D eigenvalue weighted by Crippen LogP contribution is -2.23. The summed E-state index contributed by atoms with van der Waals surface area (Å²) in [6, 6.07) is 3.20. The van der Waals surface area contributed by atoms with Gasteiger partial charge in [-0.2, -0.15) is 0 Å². The van der Waals surface area contributed by atoms with Crippen LogP contribution in [0.1, 0.15) is 0 Å². The molecule has 0 bridgehead atoms. The molecule has 1 aromatic carbocycles. The Morgan fingerprint density at radius 1 is 1.52 bits per heavy atom. The molecular weight excluding hydrogens is 383 g/mol. The van der Waals surface area contributed by atoms with Gasteiger partial charge in [-0.25, -0.2) is 9.11 Å². The van der Waals surface area contributed by atoms with Gasteiger partial charge in [0.15, 0.2) is 5.82 Å². The minimum Gasteiger partial charge on any atom is -0.487 e. The Labute approximate surface area is 148 Å². The number of carbonyl (C=O) groups excluding carboxylic acids is 1. The largest absolute Gasteiger partial charge is 0.487 e. The van der Waals surface area contributed by atoms with Crippen molar-refractivity contribution in [3.05, 3.63) is 59.4 Å². The summed E-state index contributed by atoms with van der Waals surface area (Å²) in [5.41, 5.74) is 0.991. The van der Waals surface area contributed by atoms with Crippen LogP contribution in [0.4, 0.5) is 10.1 Å². The van der Waals surface area contributed by atoms with Crippen molar-refractivity contribution in [3.8, 4) is 5.75 Å². The number of anilines is 1. The van der Waals surface area contributed by atoms with Crippen LogP contribution in [0.3, 0.4) is 0 Å². The van der Waals surface area contributed by atoms with Gasteiger partial charge >= 0.3 is 0 Å². The fraction of sp³-hybridized carbons (Fsp3) is 0.188. The highest BCUT2D eigenvalue weighted by atomic mass is 79.9. The molecule has 23 heavy (non-hydrogen) atoms. The highest BCUT2D eigenvalue weighted by Crippen LogP contribution is 2.38. The fourth-order valence-corrected chi connectivity index (χ4v) is 2.65. The summed E-state index contributed by atoms with van der Waals surface area (Å²) in [6.45, 7) is 7.53. The minimum atomic E-state index is -0.500. The normalized spacial score (nSPS) is 11.0. The third-order valence-electron chi connectivity index (χ3n) is 2.71. The number of aldehydes is 1. The van der Waals surface area contributed by atoms with Crippen molar-refractivity contribution in [2.45, 2.75) is 0 Å². The Morgan fingerprint density at radius 3 is 2.83 bits per heavy atom. The Kier molecular flexibility index (Phi) is 8.68. The van der Waals surface area contributed by atoms with Crippen LogP contribution in [0.25, 0.3) is 0 Å². The number of carbonyl (C=O) groups is 1. The number of nitrogens with one attached hydrogen (secondary N) is 1. The quantitative estimate of drug-likeness (QED) is 0.364. The van der Waals surface area contributed by atoms with E-state index in [1.54, 1.807) is 37.4 Å². The van der Waals surface area contributed by atoms with E-state index >= 15 is 0 Å². The molecule has 7 heteroatoms. The number of allylic oxidation sites excluding steroid dienone is 2. The number of hydrogen-bond acceptors (Lipinski definition) is 5. The van der Waals surface area contributed by atoms with Gasteiger partial charge in [0, 0.05) is 12.1 Å². The Bertz CT molecular complexity index is 608. The van der Waals surface area contributed by atoms with E-state index in [-0.39, 0.29) is 23.3 Å². The van der Waals surface area contributed by atoms with Crippen molar-refractivity contribution in [1.82, 2.24) is 4.72 Å². The van der Waals surface area contributed by atoms with E-state index in [2.05, 4.69) is 33.8 Å². The molecule has 1 rings (SSSR count). The first-order valence-electron chi connectivity index (χ1n) is 6.68.